The predicted molar refractivity (Wildman–Crippen MR) is 100 cm³/mol. The highest BCUT2D eigenvalue weighted by atomic mass is 127. The Morgan fingerprint density at radius 3 is 2.78 bits per heavy atom. The number of aromatic nitrogens is 2. The number of nitro groups is 1. The van der Waals surface area contributed by atoms with Crippen LogP contribution in [0.15, 0.2) is 35.6 Å². The van der Waals surface area contributed by atoms with Crippen molar-refractivity contribution in [2.45, 2.75) is 20.4 Å². The van der Waals surface area contributed by atoms with Crippen LogP contribution < -0.4 is 11.1 Å². The van der Waals surface area contributed by atoms with Gasteiger partial charge in [-0.15, -0.1) is 24.0 Å². The Balaban J connectivity index is 0.00000264. The van der Waals surface area contributed by atoms with E-state index < -0.39 is 4.92 Å². The molecule has 0 radical (unpaired) electrons. The maximum absolute atomic E-state index is 10.5. The molecule has 0 spiro atoms. The number of aliphatic imine (C=N–C) groups is 1. The molecule has 23 heavy (non-hydrogen) atoms. The van der Waals surface area contributed by atoms with Crippen LogP contribution in [-0.2, 0) is 6.54 Å². The van der Waals surface area contributed by atoms with Crippen molar-refractivity contribution in [3.63, 3.8) is 0 Å². The second kappa shape index (κ2) is 8.46. The SMILES string of the molecule is Cc1ccc(NC(N)=NCCn2cc([N+](=O)[O-])cn2)cc1C.I. The molecule has 0 amide bonds. The topological polar surface area (TPSA) is 111 Å². The van der Waals surface area contributed by atoms with Crippen molar-refractivity contribution in [2.24, 2.45) is 10.7 Å². The van der Waals surface area contributed by atoms with Crippen LogP contribution in [0.25, 0.3) is 0 Å². The average Bonchev–Trinajstić information content (AvgIpc) is 2.92. The van der Waals surface area contributed by atoms with Gasteiger partial charge in [0.05, 0.1) is 18.0 Å². The van der Waals surface area contributed by atoms with E-state index in [0.29, 0.717) is 19.0 Å². The zero-order chi connectivity index (χ0) is 16.1. The second-order valence-corrected chi connectivity index (χ2v) is 4.91. The summed E-state index contributed by atoms with van der Waals surface area (Å²) in [4.78, 5) is 14.2. The number of halogens is 1. The average molecular weight is 430 g/mol. The van der Waals surface area contributed by atoms with E-state index >= 15 is 0 Å². The number of hydrogen-bond acceptors (Lipinski definition) is 4. The summed E-state index contributed by atoms with van der Waals surface area (Å²) in [6, 6.07) is 5.93. The van der Waals surface area contributed by atoms with Crippen LogP contribution in [0.5, 0.6) is 0 Å². The fraction of sp³-hybridized carbons (Fsp3) is 0.286. The van der Waals surface area contributed by atoms with E-state index in [2.05, 4.69) is 15.4 Å². The largest absolute Gasteiger partial charge is 0.370 e. The first-order valence-corrected chi connectivity index (χ1v) is 6.77. The lowest BCUT2D eigenvalue weighted by molar-refractivity contribution is -0.385. The summed E-state index contributed by atoms with van der Waals surface area (Å²) in [5.41, 5.74) is 9.03. The van der Waals surface area contributed by atoms with Crippen molar-refractivity contribution in [3.8, 4) is 0 Å². The van der Waals surface area contributed by atoms with Crippen LogP contribution >= 0.6 is 24.0 Å². The van der Waals surface area contributed by atoms with Gasteiger partial charge in [0.1, 0.15) is 12.4 Å². The zero-order valence-electron chi connectivity index (χ0n) is 12.9. The van der Waals surface area contributed by atoms with Gasteiger partial charge in [0.25, 0.3) is 0 Å². The predicted octanol–water partition coefficient (Wildman–Crippen LogP) is 2.45. The first-order chi connectivity index (χ1) is 10.5. The molecule has 8 nitrogen and oxygen atoms in total. The Bertz CT molecular complexity index is 713. The Labute approximate surface area is 151 Å². The molecule has 1 aromatic carbocycles. The van der Waals surface area contributed by atoms with Gasteiger partial charge in [0, 0.05) is 5.69 Å². The minimum absolute atomic E-state index is 0. The van der Waals surface area contributed by atoms with Crippen molar-refractivity contribution >= 4 is 41.3 Å². The van der Waals surface area contributed by atoms with E-state index in [1.54, 1.807) is 0 Å². The zero-order valence-corrected chi connectivity index (χ0v) is 15.2. The molecule has 0 aliphatic heterocycles. The van der Waals surface area contributed by atoms with Crippen LogP contribution in [0.4, 0.5) is 11.4 Å². The lowest BCUT2D eigenvalue weighted by Gasteiger charge is -2.08. The Morgan fingerprint density at radius 1 is 1.43 bits per heavy atom. The van der Waals surface area contributed by atoms with E-state index in [1.165, 1.54) is 28.2 Å². The number of rotatable bonds is 5. The highest BCUT2D eigenvalue weighted by molar-refractivity contribution is 14.0. The summed E-state index contributed by atoms with van der Waals surface area (Å²) in [6.07, 6.45) is 2.57. The third-order valence-electron chi connectivity index (χ3n) is 3.22. The number of nitrogens with two attached hydrogens (primary N) is 1. The molecular weight excluding hydrogens is 411 g/mol. The molecule has 124 valence electrons. The Hall–Kier alpha value is -2.17. The summed E-state index contributed by atoms with van der Waals surface area (Å²) in [5.74, 6) is 0.296. The minimum Gasteiger partial charge on any atom is -0.370 e. The molecule has 2 rings (SSSR count). The van der Waals surface area contributed by atoms with Gasteiger partial charge in [-0.25, -0.2) is 0 Å². The molecule has 9 heteroatoms. The monoisotopic (exact) mass is 430 g/mol. The van der Waals surface area contributed by atoms with Crippen molar-refractivity contribution in [2.75, 3.05) is 11.9 Å². The van der Waals surface area contributed by atoms with Gasteiger partial charge in [-0.05, 0) is 37.1 Å². The lowest BCUT2D eigenvalue weighted by Crippen LogP contribution is -2.23. The first kappa shape index (κ1) is 18.9. The van der Waals surface area contributed by atoms with Crippen LogP contribution in [-0.4, -0.2) is 27.2 Å². The highest BCUT2D eigenvalue weighted by Gasteiger charge is 2.07. The molecule has 0 saturated carbocycles. The molecule has 0 fully saturated rings. The molecule has 2 aromatic rings. The molecule has 0 saturated heterocycles. The standard InChI is InChI=1S/C14H18N6O2.HI/c1-10-3-4-12(7-11(10)2)18-14(15)16-5-6-19-9-13(8-17-19)20(21)22;/h3-4,7-9H,5-6H2,1-2H3,(H3,15,16,18);1H. The second-order valence-electron chi connectivity index (χ2n) is 4.91. The van der Waals surface area contributed by atoms with Gasteiger partial charge < -0.3 is 11.1 Å². The van der Waals surface area contributed by atoms with E-state index in [9.17, 15) is 10.1 Å². The van der Waals surface area contributed by atoms with E-state index in [4.69, 9.17) is 5.73 Å². The van der Waals surface area contributed by atoms with Gasteiger partial charge >= 0.3 is 5.69 Å². The molecule has 1 heterocycles. The fourth-order valence-corrected chi connectivity index (χ4v) is 1.85. The number of nitrogens with one attached hydrogen (secondary N) is 1. The first-order valence-electron chi connectivity index (χ1n) is 6.77. The van der Waals surface area contributed by atoms with Gasteiger partial charge in [-0.3, -0.25) is 19.8 Å². The van der Waals surface area contributed by atoms with E-state index in [-0.39, 0.29) is 29.7 Å². The van der Waals surface area contributed by atoms with Crippen LogP contribution in [0.1, 0.15) is 11.1 Å². The van der Waals surface area contributed by atoms with Crippen LogP contribution in [0.2, 0.25) is 0 Å². The van der Waals surface area contributed by atoms with Crippen LogP contribution in [0.3, 0.4) is 0 Å². The molecule has 0 bridgehead atoms. The van der Waals surface area contributed by atoms with Crippen molar-refractivity contribution < 1.29 is 4.92 Å². The number of aryl methyl sites for hydroxylation is 2. The molecule has 0 unspecified atom stereocenters. The lowest BCUT2D eigenvalue weighted by atomic mass is 10.1. The van der Waals surface area contributed by atoms with Crippen LogP contribution in [0, 0.1) is 24.0 Å². The maximum Gasteiger partial charge on any atom is 0.306 e. The van der Waals surface area contributed by atoms with Crippen molar-refractivity contribution in [1.29, 1.82) is 0 Å². The third kappa shape index (κ3) is 5.51. The number of hydrogen-bond donors (Lipinski definition) is 2. The number of benzene rings is 1. The molecule has 1 aromatic heterocycles. The maximum atomic E-state index is 10.5. The molecule has 0 aliphatic carbocycles. The summed E-state index contributed by atoms with van der Waals surface area (Å²) in [6.45, 7) is 4.87. The molecule has 0 atom stereocenters. The fourth-order valence-electron chi connectivity index (χ4n) is 1.85. The minimum atomic E-state index is -0.484. The quantitative estimate of drug-likeness (QED) is 0.249. The van der Waals surface area contributed by atoms with Crippen molar-refractivity contribution in [1.82, 2.24) is 9.78 Å². The third-order valence-corrected chi connectivity index (χ3v) is 3.22. The number of guanidine groups is 1. The molecule has 3 N–H and O–H groups in total. The Kier molecular flexibility index (Phi) is 6.94. The van der Waals surface area contributed by atoms with Crippen molar-refractivity contribution in [3.05, 3.63) is 51.8 Å². The molecular formula is C14H19IN6O2. The summed E-state index contributed by atoms with van der Waals surface area (Å²) >= 11 is 0. The Morgan fingerprint density at radius 2 is 2.17 bits per heavy atom. The van der Waals surface area contributed by atoms with Gasteiger partial charge in [-0.1, -0.05) is 6.07 Å². The summed E-state index contributed by atoms with van der Waals surface area (Å²) in [7, 11) is 0. The van der Waals surface area contributed by atoms with E-state index in [1.807, 2.05) is 32.0 Å². The van der Waals surface area contributed by atoms with Gasteiger partial charge in [-0.2, -0.15) is 5.10 Å². The molecule has 0 aliphatic rings. The van der Waals surface area contributed by atoms with Gasteiger partial charge in [0.2, 0.25) is 0 Å². The van der Waals surface area contributed by atoms with E-state index in [0.717, 1.165) is 5.69 Å². The summed E-state index contributed by atoms with van der Waals surface area (Å²) < 4.78 is 1.46. The highest BCUT2D eigenvalue weighted by Crippen LogP contribution is 2.13. The van der Waals surface area contributed by atoms with Gasteiger partial charge in [0.15, 0.2) is 5.96 Å². The number of anilines is 1. The number of nitrogens with zero attached hydrogens (tertiary/aromatic N) is 4. The normalized spacial score (nSPS) is 11.0. The summed E-state index contributed by atoms with van der Waals surface area (Å²) in [5, 5.41) is 17.4. The smallest absolute Gasteiger partial charge is 0.306 e.